The SMILES string of the molecule is CC(=O)N1CCC[C@H]1C(=O)NC[C@@H](C)N(C)c1ccccc1. The molecule has 1 heterocycles. The molecule has 0 saturated carbocycles. The number of amides is 2. The van der Waals surface area contributed by atoms with E-state index < -0.39 is 0 Å². The topological polar surface area (TPSA) is 52.7 Å². The molecule has 0 radical (unpaired) electrons. The molecule has 1 saturated heterocycles. The maximum Gasteiger partial charge on any atom is 0.242 e. The van der Waals surface area contributed by atoms with E-state index in [1.807, 2.05) is 37.4 Å². The average Bonchev–Trinajstić information content (AvgIpc) is 3.02. The Morgan fingerprint density at radius 3 is 2.68 bits per heavy atom. The molecule has 1 fully saturated rings. The van der Waals surface area contributed by atoms with Crippen LogP contribution in [-0.2, 0) is 9.59 Å². The Morgan fingerprint density at radius 2 is 2.05 bits per heavy atom. The zero-order chi connectivity index (χ0) is 16.1. The van der Waals surface area contributed by atoms with Crippen LogP contribution in [0, 0.1) is 0 Å². The molecule has 2 amide bonds. The fourth-order valence-corrected chi connectivity index (χ4v) is 2.84. The number of likely N-dealkylation sites (tertiary alicyclic amines) is 1. The van der Waals surface area contributed by atoms with Crippen molar-refractivity contribution in [1.82, 2.24) is 10.2 Å². The van der Waals surface area contributed by atoms with Gasteiger partial charge in [0, 0.05) is 38.8 Å². The zero-order valence-electron chi connectivity index (χ0n) is 13.6. The van der Waals surface area contributed by atoms with Crippen LogP contribution in [0.25, 0.3) is 0 Å². The molecule has 0 aliphatic carbocycles. The Morgan fingerprint density at radius 1 is 1.36 bits per heavy atom. The highest BCUT2D eigenvalue weighted by Crippen LogP contribution is 2.18. The summed E-state index contributed by atoms with van der Waals surface area (Å²) in [5, 5.41) is 2.99. The standard InChI is InChI=1S/C17H25N3O2/c1-13(19(3)15-8-5-4-6-9-15)12-18-17(22)16-10-7-11-20(16)14(2)21/h4-6,8-9,13,16H,7,10-12H2,1-3H3,(H,18,22)/t13-,16+/m1/s1. The van der Waals surface area contributed by atoms with Crippen LogP contribution in [0.15, 0.2) is 30.3 Å². The number of rotatable bonds is 5. The minimum absolute atomic E-state index is 0.0212. The van der Waals surface area contributed by atoms with E-state index in [0.717, 1.165) is 18.5 Å². The van der Waals surface area contributed by atoms with Crippen molar-refractivity contribution in [2.75, 3.05) is 25.0 Å². The van der Waals surface area contributed by atoms with Gasteiger partial charge in [-0.1, -0.05) is 18.2 Å². The van der Waals surface area contributed by atoms with Gasteiger partial charge in [-0.05, 0) is 31.9 Å². The number of likely N-dealkylation sites (N-methyl/N-ethyl adjacent to an activating group) is 1. The third kappa shape index (κ3) is 3.78. The van der Waals surface area contributed by atoms with E-state index in [-0.39, 0.29) is 23.9 Å². The Bertz CT molecular complexity index is 518. The molecule has 1 N–H and O–H groups in total. The van der Waals surface area contributed by atoms with Gasteiger partial charge in [0.05, 0.1) is 0 Å². The highest BCUT2D eigenvalue weighted by Gasteiger charge is 2.32. The van der Waals surface area contributed by atoms with Crippen molar-refractivity contribution >= 4 is 17.5 Å². The van der Waals surface area contributed by atoms with Crippen LogP contribution in [0.4, 0.5) is 5.69 Å². The Balaban J connectivity index is 1.87. The average molecular weight is 303 g/mol. The number of carbonyl (C=O) groups excluding carboxylic acids is 2. The number of anilines is 1. The van der Waals surface area contributed by atoms with Crippen molar-refractivity contribution in [3.05, 3.63) is 30.3 Å². The Hall–Kier alpha value is -2.04. The molecule has 0 aromatic heterocycles. The van der Waals surface area contributed by atoms with Crippen LogP contribution in [0.2, 0.25) is 0 Å². The van der Waals surface area contributed by atoms with Crippen LogP contribution in [0.5, 0.6) is 0 Å². The molecule has 5 heteroatoms. The summed E-state index contributed by atoms with van der Waals surface area (Å²) in [5.74, 6) is -0.0619. The van der Waals surface area contributed by atoms with Crippen molar-refractivity contribution in [3.63, 3.8) is 0 Å². The van der Waals surface area contributed by atoms with Gasteiger partial charge in [0.15, 0.2) is 0 Å². The van der Waals surface area contributed by atoms with Crippen molar-refractivity contribution in [1.29, 1.82) is 0 Å². The molecule has 1 aliphatic rings. The van der Waals surface area contributed by atoms with Gasteiger partial charge in [0.2, 0.25) is 11.8 Å². The normalized spacial score (nSPS) is 18.9. The molecule has 1 aliphatic heterocycles. The lowest BCUT2D eigenvalue weighted by Gasteiger charge is -2.28. The third-order valence-corrected chi connectivity index (χ3v) is 4.36. The van der Waals surface area contributed by atoms with E-state index in [1.165, 1.54) is 6.92 Å². The Labute approximate surface area is 132 Å². The first kappa shape index (κ1) is 16.3. The number of benzene rings is 1. The van der Waals surface area contributed by atoms with Gasteiger partial charge >= 0.3 is 0 Å². The summed E-state index contributed by atoms with van der Waals surface area (Å²) in [4.78, 5) is 27.6. The lowest BCUT2D eigenvalue weighted by atomic mass is 10.2. The molecule has 1 aromatic carbocycles. The second-order valence-electron chi connectivity index (χ2n) is 5.91. The smallest absolute Gasteiger partial charge is 0.242 e. The molecular formula is C17H25N3O2. The lowest BCUT2D eigenvalue weighted by molar-refractivity contribution is -0.136. The predicted octanol–water partition coefficient (Wildman–Crippen LogP) is 1.64. The molecule has 0 spiro atoms. The van der Waals surface area contributed by atoms with E-state index in [1.54, 1.807) is 4.90 Å². The van der Waals surface area contributed by atoms with E-state index in [0.29, 0.717) is 13.1 Å². The van der Waals surface area contributed by atoms with Gasteiger partial charge in [0.25, 0.3) is 0 Å². The molecule has 5 nitrogen and oxygen atoms in total. The molecule has 120 valence electrons. The van der Waals surface area contributed by atoms with Gasteiger partial charge in [-0.25, -0.2) is 0 Å². The fraction of sp³-hybridized carbons (Fsp3) is 0.529. The largest absolute Gasteiger partial charge is 0.370 e. The molecule has 22 heavy (non-hydrogen) atoms. The van der Waals surface area contributed by atoms with E-state index in [4.69, 9.17) is 0 Å². The summed E-state index contributed by atoms with van der Waals surface area (Å²) in [5.41, 5.74) is 1.12. The highest BCUT2D eigenvalue weighted by atomic mass is 16.2. The van der Waals surface area contributed by atoms with Gasteiger partial charge in [0.1, 0.15) is 6.04 Å². The van der Waals surface area contributed by atoms with Crippen LogP contribution in [0.3, 0.4) is 0 Å². The van der Waals surface area contributed by atoms with Crippen molar-refractivity contribution in [2.45, 2.75) is 38.8 Å². The van der Waals surface area contributed by atoms with Gasteiger partial charge < -0.3 is 15.1 Å². The first-order valence-electron chi connectivity index (χ1n) is 7.83. The van der Waals surface area contributed by atoms with Crippen LogP contribution >= 0.6 is 0 Å². The monoisotopic (exact) mass is 303 g/mol. The number of hydrogen-bond acceptors (Lipinski definition) is 3. The van der Waals surface area contributed by atoms with E-state index in [9.17, 15) is 9.59 Å². The molecule has 2 rings (SSSR count). The maximum absolute atomic E-state index is 12.3. The molecule has 0 bridgehead atoms. The van der Waals surface area contributed by atoms with Crippen LogP contribution in [0.1, 0.15) is 26.7 Å². The summed E-state index contributed by atoms with van der Waals surface area (Å²) in [6.07, 6.45) is 1.66. The van der Waals surface area contributed by atoms with Gasteiger partial charge in [-0.3, -0.25) is 9.59 Å². The number of carbonyl (C=O) groups is 2. The van der Waals surface area contributed by atoms with E-state index in [2.05, 4.69) is 17.1 Å². The van der Waals surface area contributed by atoms with Crippen LogP contribution in [-0.4, -0.2) is 48.9 Å². The highest BCUT2D eigenvalue weighted by molar-refractivity contribution is 5.87. The second-order valence-corrected chi connectivity index (χ2v) is 5.91. The predicted molar refractivity (Wildman–Crippen MR) is 87.7 cm³/mol. The first-order chi connectivity index (χ1) is 10.5. The quantitative estimate of drug-likeness (QED) is 0.899. The minimum Gasteiger partial charge on any atom is -0.370 e. The lowest BCUT2D eigenvalue weighted by Crippen LogP contribution is -2.48. The molecular weight excluding hydrogens is 278 g/mol. The second kappa shape index (κ2) is 7.29. The molecule has 2 atom stereocenters. The molecule has 0 unspecified atom stereocenters. The van der Waals surface area contributed by atoms with Crippen molar-refractivity contribution < 1.29 is 9.59 Å². The van der Waals surface area contributed by atoms with Gasteiger partial charge in [-0.2, -0.15) is 0 Å². The summed E-state index contributed by atoms with van der Waals surface area (Å²) in [6.45, 7) is 4.85. The summed E-state index contributed by atoms with van der Waals surface area (Å²) in [6, 6.07) is 9.96. The number of para-hydroxylation sites is 1. The zero-order valence-corrected chi connectivity index (χ0v) is 13.6. The van der Waals surface area contributed by atoms with Crippen molar-refractivity contribution in [3.8, 4) is 0 Å². The van der Waals surface area contributed by atoms with Crippen molar-refractivity contribution in [2.24, 2.45) is 0 Å². The number of nitrogens with zero attached hydrogens (tertiary/aromatic N) is 2. The summed E-state index contributed by atoms with van der Waals surface area (Å²) < 4.78 is 0. The van der Waals surface area contributed by atoms with Gasteiger partial charge in [-0.15, -0.1) is 0 Å². The molecule has 1 aromatic rings. The summed E-state index contributed by atoms with van der Waals surface area (Å²) >= 11 is 0. The third-order valence-electron chi connectivity index (χ3n) is 4.36. The number of nitrogens with one attached hydrogen (secondary N) is 1. The minimum atomic E-state index is -0.299. The maximum atomic E-state index is 12.3. The Kier molecular flexibility index (Phi) is 5.41. The van der Waals surface area contributed by atoms with E-state index >= 15 is 0 Å². The van der Waals surface area contributed by atoms with Crippen LogP contribution < -0.4 is 10.2 Å². The fourth-order valence-electron chi connectivity index (χ4n) is 2.84. The number of hydrogen-bond donors (Lipinski definition) is 1. The summed E-state index contributed by atoms with van der Waals surface area (Å²) in [7, 11) is 2.02. The first-order valence-corrected chi connectivity index (χ1v) is 7.83.